The van der Waals surface area contributed by atoms with Gasteiger partial charge in [0.1, 0.15) is 0 Å². The Morgan fingerprint density at radius 3 is 2.75 bits per heavy atom. The van der Waals surface area contributed by atoms with Gasteiger partial charge in [-0.2, -0.15) is 5.10 Å². The van der Waals surface area contributed by atoms with Crippen LogP contribution >= 0.6 is 0 Å². The van der Waals surface area contributed by atoms with Crippen LogP contribution in [0.15, 0.2) is 42.7 Å². The predicted molar refractivity (Wildman–Crippen MR) is 102 cm³/mol. The van der Waals surface area contributed by atoms with Crippen molar-refractivity contribution < 1.29 is 14.3 Å². The second kappa shape index (κ2) is 6.17. The number of ether oxygens (including phenoxy) is 1. The zero-order valence-electron chi connectivity index (χ0n) is 16.1. The summed E-state index contributed by atoms with van der Waals surface area (Å²) in [6.45, 7) is 5.40. The molecule has 2 amide bonds. The SMILES string of the molecule is CC(C)[C@@H]1CO[C@@]23CCN(C(=O)c4ccc(-n5cccn5)cc4)[C@@H]2CC(=O)N13. The molecule has 1 aromatic heterocycles. The van der Waals surface area contributed by atoms with E-state index >= 15 is 0 Å². The molecule has 0 saturated carbocycles. The number of rotatable bonds is 3. The van der Waals surface area contributed by atoms with Crippen LogP contribution in [-0.2, 0) is 9.53 Å². The Hall–Kier alpha value is -2.67. The molecule has 3 saturated heterocycles. The third-order valence-corrected chi connectivity index (χ3v) is 6.40. The maximum atomic E-state index is 13.2. The first-order chi connectivity index (χ1) is 13.5. The van der Waals surface area contributed by atoms with E-state index in [0.717, 1.165) is 5.69 Å². The van der Waals surface area contributed by atoms with Gasteiger partial charge in [0.2, 0.25) is 5.91 Å². The highest BCUT2D eigenvalue weighted by molar-refractivity contribution is 5.96. The average Bonchev–Trinajstić information content (AvgIpc) is 3.44. The Kier molecular flexibility index (Phi) is 3.84. The molecule has 1 aromatic carbocycles. The minimum absolute atomic E-state index is 0.0415. The highest BCUT2D eigenvalue weighted by atomic mass is 16.5. The van der Waals surface area contributed by atoms with Gasteiger partial charge in [0, 0.05) is 30.9 Å². The molecular formula is C21H24N4O3. The molecule has 3 atom stereocenters. The van der Waals surface area contributed by atoms with Gasteiger partial charge in [-0.15, -0.1) is 0 Å². The normalized spacial score (nSPS) is 28.9. The van der Waals surface area contributed by atoms with Gasteiger partial charge in [0.25, 0.3) is 5.91 Å². The quantitative estimate of drug-likeness (QED) is 0.818. The van der Waals surface area contributed by atoms with Crippen LogP contribution in [0, 0.1) is 5.92 Å². The van der Waals surface area contributed by atoms with E-state index < -0.39 is 5.72 Å². The van der Waals surface area contributed by atoms with Crippen LogP contribution in [0.3, 0.4) is 0 Å². The van der Waals surface area contributed by atoms with E-state index in [9.17, 15) is 9.59 Å². The maximum absolute atomic E-state index is 13.2. The number of hydrogen-bond acceptors (Lipinski definition) is 4. The summed E-state index contributed by atoms with van der Waals surface area (Å²) in [5.41, 5.74) is 0.897. The van der Waals surface area contributed by atoms with Crippen LogP contribution in [0.4, 0.5) is 0 Å². The van der Waals surface area contributed by atoms with Gasteiger partial charge in [-0.25, -0.2) is 4.68 Å². The van der Waals surface area contributed by atoms with Crippen LogP contribution in [-0.4, -0.2) is 62.4 Å². The maximum Gasteiger partial charge on any atom is 0.254 e. The molecule has 3 aliphatic heterocycles. The minimum Gasteiger partial charge on any atom is -0.351 e. The fraction of sp³-hybridized carbons (Fsp3) is 0.476. The van der Waals surface area contributed by atoms with E-state index in [4.69, 9.17) is 4.74 Å². The van der Waals surface area contributed by atoms with Crippen LogP contribution < -0.4 is 0 Å². The van der Waals surface area contributed by atoms with Gasteiger partial charge >= 0.3 is 0 Å². The third kappa shape index (κ3) is 2.35. The number of aromatic nitrogens is 2. The second-order valence-corrected chi connectivity index (χ2v) is 8.20. The highest BCUT2D eigenvalue weighted by Gasteiger charge is 2.65. The second-order valence-electron chi connectivity index (χ2n) is 8.20. The fourth-order valence-electron chi connectivity index (χ4n) is 4.96. The first-order valence-electron chi connectivity index (χ1n) is 9.88. The molecule has 0 radical (unpaired) electrons. The lowest BCUT2D eigenvalue weighted by Gasteiger charge is -2.34. The standard InChI is InChI=1S/C21H24N4O3/c1-14(2)17-13-28-21-8-11-23(18(21)12-19(26)25(17)21)20(27)15-4-6-16(7-5-15)24-10-3-9-22-24/h3-7,9-10,14,17-18H,8,11-13H2,1-2H3/t17-,18+,21-/m0/s1. The van der Waals surface area contributed by atoms with E-state index in [1.54, 1.807) is 10.9 Å². The molecule has 146 valence electrons. The Morgan fingerprint density at radius 2 is 2.07 bits per heavy atom. The number of amides is 2. The van der Waals surface area contributed by atoms with E-state index in [-0.39, 0.29) is 23.9 Å². The first-order valence-corrected chi connectivity index (χ1v) is 9.88. The van der Waals surface area contributed by atoms with Crippen molar-refractivity contribution in [2.75, 3.05) is 13.2 Å². The van der Waals surface area contributed by atoms with Crippen molar-refractivity contribution in [3.63, 3.8) is 0 Å². The monoisotopic (exact) mass is 380 g/mol. The molecular weight excluding hydrogens is 356 g/mol. The van der Waals surface area contributed by atoms with E-state index in [1.165, 1.54) is 0 Å². The first kappa shape index (κ1) is 17.4. The van der Waals surface area contributed by atoms with Crippen molar-refractivity contribution in [3.05, 3.63) is 48.3 Å². The number of hydrogen-bond donors (Lipinski definition) is 0. The lowest BCUT2D eigenvalue weighted by molar-refractivity contribution is -0.139. The smallest absolute Gasteiger partial charge is 0.254 e. The summed E-state index contributed by atoms with van der Waals surface area (Å²) >= 11 is 0. The van der Waals surface area contributed by atoms with Crippen LogP contribution in [0.25, 0.3) is 5.69 Å². The molecule has 2 aromatic rings. The summed E-state index contributed by atoms with van der Waals surface area (Å²) in [5, 5.41) is 4.21. The van der Waals surface area contributed by atoms with Crippen molar-refractivity contribution in [2.24, 2.45) is 5.92 Å². The Bertz CT molecular complexity index is 908. The lowest BCUT2D eigenvalue weighted by Crippen LogP contribution is -2.51. The molecule has 0 bridgehead atoms. The Morgan fingerprint density at radius 1 is 1.29 bits per heavy atom. The molecule has 1 spiro atoms. The molecule has 3 fully saturated rings. The summed E-state index contributed by atoms with van der Waals surface area (Å²) in [6, 6.07) is 9.18. The largest absolute Gasteiger partial charge is 0.351 e. The van der Waals surface area contributed by atoms with E-state index in [0.29, 0.717) is 37.5 Å². The molecule has 7 heteroatoms. The highest BCUT2D eigenvalue weighted by Crippen LogP contribution is 2.49. The van der Waals surface area contributed by atoms with Gasteiger partial charge in [-0.3, -0.25) is 9.59 Å². The van der Waals surface area contributed by atoms with Crippen molar-refractivity contribution >= 4 is 11.8 Å². The molecule has 3 aliphatic rings. The van der Waals surface area contributed by atoms with Crippen LogP contribution in [0.5, 0.6) is 0 Å². The van der Waals surface area contributed by atoms with E-state index in [2.05, 4.69) is 18.9 Å². The predicted octanol–water partition coefficient (Wildman–Crippen LogP) is 2.07. The van der Waals surface area contributed by atoms with Crippen molar-refractivity contribution in [3.8, 4) is 5.69 Å². The molecule has 4 heterocycles. The number of carbonyl (C=O) groups excluding carboxylic acids is 2. The molecule has 0 aliphatic carbocycles. The molecule has 0 N–H and O–H groups in total. The fourth-order valence-corrected chi connectivity index (χ4v) is 4.96. The third-order valence-electron chi connectivity index (χ3n) is 6.40. The van der Waals surface area contributed by atoms with Gasteiger partial charge in [0.15, 0.2) is 5.72 Å². The topological polar surface area (TPSA) is 67.7 Å². The zero-order valence-corrected chi connectivity index (χ0v) is 16.1. The molecule has 0 unspecified atom stereocenters. The molecule has 5 rings (SSSR count). The van der Waals surface area contributed by atoms with Crippen LogP contribution in [0.1, 0.15) is 37.0 Å². The number of likely N-dealkylation sites (tertiary alicyclic amines) is 1. The van der Waals surface area contributed by atoms with Crippen molar-refractivity contribution in [2.45, 2.75) is 44.5 Å². The molecule has 28 heavy (non-hydrogen) atoms. The zero-order chi connectivity index (χ0) is 19.5. The van der Waals surface area contributed by atoms with Gasteiger partial charge in [0.05, 0.1) is 30.8 Å². The number of carbonyl (C=O) groups is 2. The number of nitrogens with zero attached hydrogens (tertiary/aromatic N) is 4. The molecule has 7 nitrogen and oxygen atoms in total. The van der Waals surface area contributed by atoms with Gasteiger partial charge in [-0.05, 0) is 36.2 Å². The summed E-state index contributed by atoms with van der Waals surface area (Å²) in [5.74, 6) is 0.398. The summed E-state index contributed by atoms with van der Waals surface area (Å²) in [7, 11) is 0. The van der Waals surface area contributed by atoms with Crippen molar-refractivity contribution in [1.29, 1.82) is 0 Å². The van der Waals surface area contributed by atoms with Crippen LogP contribution in [0.2, 0.25) is 0 Å². The van der Waals surface area contributed by atoms with Crippen molar-refractivity contribution in [1.82, 2.24) is 19.6 Å². The minimum atomic E-state index is -0.628. The van der Waals surface area contributed by atoms with Gasteiger partial charge in [-0.1, -0.05) is 13.8 Å². The Labute approximate surface area is 163 Å². The lowest BCUT2D eigenvalue weighted by atomic mass is 10.0. The summed E-state index contributed by atoms with van der Waals surface area (Å²) in [4.78, 5) is 29.7. The summed E-state index contributed by atoms with van der Waals surface area (Å²) in [6.07, 6.45) is 4.62. The number of benzene rings is 1. The van der Waals surface area contributed by atoms with Gasteiger partial charge < -0.3 is 14.5 Å². The Balaban J connectivity index is 1.40. The summed E-state index contributed by atoms with van der Waals surface area (Å²) < 4.78 is 7.97. The average molecular weight is 380 g/mol. The van der Waals surface area contributed by atoms with E-state index in [1.807, 2.05) is 46.3 Å².